The van der Waals surface area contributed by atoms with Gasteiger partial charge in [0.1, 0.15) is 10.8 Å². The second-order valence-corrected chi connectivity index (χ2v) is 6.42. The molecule has 7 nitrogen and oxygen atoms in total. The van der Waals surface area contributed by atoms with Gasteiger partial charge in [0.15, 0.2) is 0 Å². The summed E-state index contributed by atoms with van der Waals surface area (Å²) in [4.78, 5) is 15.8. The number of nitrogens with zero attached hydrogens (tertiary/aromatic N) is 3. The van der Waals surface area contributed by atoms with Gasteiger partial charge in [-0.2, -0.15) is 5.10 Å². The molecule has 0 unspecified atom stereocenters. The summed E-state index contributed by atoms with van der Waals surface area (Å²) in [6.45, 7) is 2.04. The van der Waals surface area contributed by atoms with Crippen LogP contribution in [0.3, 0.4) is 0 Å². The second-order valence-electron chi connectivity index (χ2n) is 5.48. The van der Waals surface area contributed by atoms with E-state index in [2.05, 4.69) is 20.7 Å². The fourth-order valence-electron chi connectivity index (χ4n) is 2.38. The smallest absolute Gasteiger partial charge is 0.221 e. The van der Waals surface area contributed by atoms with Crippen LogP contribution in [0.5, 0.6) is 5.75 Å². The molecule has 0 spiro atoms. The number of ether oxygens (including phenoxy) is 1. The van der Waals surface area contributed by atoms with E-state index in [0.29, 0.717) is 18.0 Å². The molecule has 0 aliphatic rings. The van der Waals surface area contributed by atoms with Gasteiger partial charge in [-0.3, -0.25) is 9.48 Å². The predicted octanol–water partition coefficient (Wildman–Crippen LogP) is 3.12. The monoisotopic (exact) mass is 357 g/mol. The Morgan fingerprint density at radius 1 is 1.40 bits per heavy atom. The number of benzene rings is 1. The van der Waals surface area contributed by atoms with Crippen LogP contribution < -0.4 is 15.4 Å². The Bertz CT molecular complexity index is 887. The van der Waals surface area contributed by atoms with E-state index >= 15 is 0 Å². The molecule has 2 heterocycles. The van der Waals surface area contributed by atoms with Crippen molar-refractivity contribution in [3.8, 4) is 17.0 Å². The first-order chi connectivity index (χ1) is 12.0. The third kappa shape index (κ3) is 4.16. The molecular weight excluding hydrogens is 338 g/mol. The van der Waals surface area contributed by atoms with E-state index in [4.69, 9.17) is 4.74 Å². The molecule has 0 fully saturated rings. The van der Waals surface area contributed by atoms with Crippen molar-refractivity contribution in [2.24, 2.45) is 7.05 Å². The average molecular weight is 357 g/mol. The van der Waals surface area contributed by atoms with Gasteiger partial charge in [0.25, 0.3) is 0 Å². The number of rotatable bonds is 6. The standard InChI is InChI=1S/C17H19N5O2S/c1-11(23)20-13-4-5-16(24-3)14(6-13)18-8-17-21-15(10-25-17)12-7-19-22(2)9-12/h4-7,9-10,18H,8H2,1-3H3,(H,20,23). The predicted molar refractivity (Wildman–Crippen MR) is 98.9 cm³/mol. The lowest BCUT2D eigenvalue weighted by molar-refractivity contribution is -0.114. The molecule has 0 radical (unpaired) electrons. The van der Waals surface area contributed by atoms with Crippen molar-refractivity contribution >= 4 is 28.6 Å². The van der Waals surface area contributed by atoms with Crippen LogP contribution in [0.25, 0.3) is 11.3 Å². The van der Waals surface area contributed by atoms with Gasteiger partial charge < -0.3 is 15.4 Å². The number of aromatic nitrogens is 3. The van der Waals surface area contributed by atoms with Crippen molar-refractivity contribution in [2.75, 3.05) is 17.7 Å². The Labute approximate surface area is 149 Å². The van der Waals surface area contributed by atoms with Crippen LogP contribution in [-0.2, 0) is 18.4 Å². The quantitative estimate of drug-likeness (QED) is 0.708. The van der Waals surface area contributed by atoms with Gasteiger partial charge in [0.05, 0.1) is 31.2 Å². The number of methoxy groups -OCH3 is 1. The van der Waals surface area contributed by atoms with Gasteiger partial charge in [-0.15, -0.1) is 11.3 Å². The molecule has 0 bridgehead atoms. The Morgan fingerprint density at radius 2 is 2.24 bits per heavy atom. The highest BCUT2D eigenvalue weighted by molar-refractivity contribution is 7.09. The molecule has 130 valence electrons. The summed E-state index contributed by atoms with van der Waals surface area (Å²) in [5, 5.41) is 13.2. The molecule has 1 aromatic carbocycles. The van der Waals surface area contributed by atoms with E-state index in [1.807, 2.05) is 30.8 Å². The fourth-order valence-corrected chi connectivity index (χ4v) is 3.12. The number of thiazole rings is 1. The minimum Gasteiger partial charge on any atom is -0.495 e. The Hall–Kier alpha value is -2.87. The summed E-state index contributed by atoms with van der Waals surface area (Å²) in [7, 11) is 3.50. The zero-order chi connectivity index (χ0) is 17.8. The summed E-state index contributed by atoms with van der Waals surface area (Å²) < 4.78 is 7.12. The van der Waals surface area contributed by atoms with E-state index in [0.717, 1.165) is 22.0 Å². The average Bonchev–Trinajstić information content (AvgIpc) is 3.21. The summed E-state index contributed by atoms with van der Waals surface area (Å²) in [5.74, 6) is 0.593. The normalized spacial score (nSPS) is 10.5. The van der Waals surface area contributed by atoms with Crippen molar-refractivity contribution in [3.63, 3.8) is 0 Å². The number of hydrogen-bond donors (Lipinski definition) is 2. The topological polar surface area (TPSA) is 81.1 Å². The maximum absolute atomic E-state index is 11.2. The Balaban J connectivity index is 1.72. The molecule has 3 aromatic rings. The van der Waals surface area contributed by atoms with Gasteiger partial charge in [-0.05, 0) is 18.2 Å². The molecular formula is C17H19N5O2S. The van der Waals surface area contributed by atoms with Gasteiger partial charge in [-0.1, -0.05) is 0 Å². The zero-order valence-corrected chi connectivity index (χ0v) is 15.1. The lowest BCUT2D eigenvalue weighted by Gasteiger charge is -2.12. The van der Waals surface area contributed by atoms with Crippen LogP contribution in [0.2, 0.25) is 0 Å². The van der Waals surface area contributed by atoms with Crippen LogP contribution in [0.15, 0.2) is 36.0 Å². The largest absolute Gasteiger partial charge is 0.495 e. The van der Waals surface area contributed by atoms with E-state index in [1.54, 1.807) is 35.4 Å². The first-order valence-electron chi connectivity index (χ1n) is 7.68. The molecule has 2 aromatic heterocycles. The number of amides is 1. The molecule has 0 aliphatic heterocycles. The zero-order valence-electron chi connectivity index (χ0n) is 14.2. The summed E-state index contributed by atoms with van der Waals surface area (Å²) in [6, 6.07) is 5.46. The molecule has 0 saturated heterocycles. The molecule has 25 heavy (non-hydrogen) atoms. The summed E-state index contributed by atoms with van der Waals surface area (Å²) in [6.07, 6.45) is 3.73. The van der Waals surface area contributed by atoms with Crippen molar-refractivity contribution in [1.29, 1.82) is 0 Å². The number of nitrogens with one attached hydrogen (secondary N) is 2. The van der Waals surface area contributed by atoms with Crippen LogP contribution in [-0.4, -0.2) is 27.8 Å². The first-order valence-corrected chi connectivity index (χ1v) is 8.56. The number of aryl methyl sites for hydroxylation is 1. The van der Waals surface area contributed by atoms with Crippen LogP contribution in [0, 0.1) is 0 Å². The summed E-state index contributed by atoms with van der Waals surface area (Å²) >= 11 is 1.58. The van der Waals surface area contributed by atoms with Gasteiger partial charge in [0.2, 0.25) is 5.91 Å². The van der Waals surface area contributed by atoms with Crippen LogP contribution >= 0.6 is 11.3 Å². The lowest BCUT2D eigenvalue weighted by Crippen LogP contribution is -2.07. The highest BCUT2D eigenvalue weighted by Crippen LogP contribution is 2.29. The fraction of sp³-hybridized carbons (Fsp3) is 0.235. The molecule has 1 amide bonds. The second kappa shape index (κ2) is 7.35. The van der Waals surface area contributed by atoms with Gasteiger partial charge in [-0.25, -0.2) is 4.98 Å². The molecule has 3 rings (SSSR count). The highest BCUT2D eigenvalue weighted by atomic mass is 32.1. The van der Waals surface area contributed by atoms with Crippen molar-refractivity contribution in [3.05, 3.63) is 41.0 Å². The van der Waals surface area contributed by atoms with E-state index in [1.165, 1.54) is 6.92 Å². The third-order valence-corrected chi connectivity index (χ3v) is 4.35. The molecule has 0 atom stereocenters. The number of anilines is 2. The van der Waals surface area contributed by atoms with Crippen molar-refractivity contribution in [2.45, 2.75) is 13.5 Å². The number of carbonyl (C=O) groups is 1. The first kappa shape index (κ1) is 17.0. The van der Waals surface area contributed by atoms with Crippen LogP contribution in [0.4, 0.5) is 11.4 Å². The van der Waals surface area contributed by atoms with Gasteiger partial charge >= 0.3 is 0 Å². The Morgan fingerprint density at radius 3 is 2.92 bits per heavy atom. The molecule has 2 N–H and O–H groups in total. The van der Waals surface area contributed by atoms with E-state index < -0.39 is 0 Å². The van der Waals surface area contributed by atoms with Crippen molar-refractivity contribution < 1.29 is 9.53 Å². The molecule has 0 aliphatic carbocycles. The molecule has 8 heteroatoms. The number of hydrogen-bond acceptors (Lipinski definition) is 6. The van der Waals surface area contributed by atoms with Crippen molar-refractivity contribution in [1.82, 2.24) is 14.8 Å². The lowest BCUT2D eigenvalue weighted by atomic mass is 10.2. The van der Waals surface area contributed by atoms with Gasteiger partial charge in [0, 0.05) is 36.8 Å². The summed E-state index contributed by atoms with van der Waals surface area (Å²) in [5.41, 5.74) is 3.42. The SMILES string of the molecule is COc1ccc(NC(C)=O)cc1NCc1nc(-c2cnn(C)c2)cs1. The molecule has 0 saturated carbocycles. The van der Waals surface area contributed by atoms with Crippen LogP contribution in [0.1, 0.15) is 11.9 Å². The number of carbonyl (C=O) groups excluding carboxylic acids is 1. The van der Waals surface area contributed by atoms with E-state index in [-0.39, 0.29) is 5.91 Å². The minimum absolute atomic E-state index is 0.114. The Kier molecular flexibility index (Phi) is 4.99. The van der Waals surface area contributed by atoms with E-state index in [9.17, 15) is 4.79 Å². The highest BCUT2D eigenvalue weighted by Gasteiger charge is 2.09. The minimum atomic E-state index is -0.114. The maximum atomic E-state index is 11.2. The maximum Gasteiger partial charge on any atom is 0.221 e. The third-order valence-electron chi connectivity index (χ3n) is 3.50.